The van der Waals surface area contributed by atoms with E-state index in [2.05, 4.69) is 0 Å². The molecule has 0 atom stereocenters. The molecule has 1 rings (SSSR count). The highest BCUT2D eigenvalue weighted by atomic mass is 16.5. The van der Waals surface area contributed by atoms with Crippen molar-refractivity contribution in [2.75, 3.05) is 13.2 Å². The Kier molecular flexibility index (Phi) is 2.42. The standard InChI is InChI=1S/C6H9NO3/c8-6(7-9)5-1-3-10-4-2-5/h1,9H,2-4H2,(H,7,8). The lowest BCUT2D eigenvalue weighted by Gasteiger charge is -2.10. The Hall–Kier alpha value is -0.870. The molecule has 0 spiro atoms. The smallest absolute Gasteiger partial charge is 0.270 e. The first-order chi connectivity index (χ1) is 4.84. The minimum Gasteiger partial charge on any atom is -0.377 e. The van der Waals surface area contributed by atoms with E-state index in [0.29, 0.717) is 25.2 Å². The predicted octanol–water partition coefficient (Wildman–Crippen LogP) is -0.162. The van der Waals surface area contributed by atoms with Crippen molar-refractivity contribution in [1.82, 2.24) is 5.48 Å². The predicted molar refractivity (Wildman–Crippen MR) is 33.4 cm³/mol. The average molecular weight is 143 g/mol. The van der Waals surface area contributed by atoms with Gasteiger partial charge >= 0.3 is 0 Å². The van der Waals surface area contributed by atoms with Crippen molar-refractivity contribution in [1.29, 1.82) is 0 Å². The molecule has 0 radical (unpaired) electrons. The molecule has 1 heterocycles. The fourth-order valence-corrected chi connectivity index (χ4v) is 0.805. The molecule has 10 heavy (non-hydrogen) atoms. The van der Waals surface area contributed by atoms with E-state index in [1.54, 1.807) is 11.6 Å². The third-order valence-corrected chi connectivity index (χ3v) is 1.36. The van der Waals surface area contributed by atoms with Gasteiger partial charge in [0.2, 0.25) is 0 Å². The molecular formula is C6H9NO3. The minimum atomic E-state index is -0.428. The summed E-state index contributed by atoms with van der Waals surface area (Å²) in [6, 6.07) is 0. The molecule has 4 nitrogen and oxygen atoms in total. The zero-order valence-electron chi connectivity index (χ0n) is 5.46. The fraction of sp³-hybridized carbons (Fsp3) is 0.500. The van der Waals surface area contributed by atoms with Crippen molar-refractivity contribution in [2.45, 2.75) is 6.42 Å². The lowest BCUT2D eigenvalue weighted by atomic mass is 10.1. The second-order valence-corrected chi connectivity index (χ2v) is 2.00. The zero-order valence-corrected chi connectivity index (χ0v) is 5.46. The van der Waals surface area contributed by atoms with Crippen molar-refractivity contribution in [3.63, 3.8) is 0 Å². The van der Waals surface area contributed by atoms with E-state index in [9.17, 15) is 4.79 Å². The summed E-state index contributed by atoms with van der Waals surface area (Å²) >= 11 is 0. The molecule has 1 aliphatic heterocycles. The number of amides is 1. The molecule has 0 saturated carbocycles. The summed E-state index contributed by atoms with van der Waals surface area (Å²) in [5.74, 6) is -0.428. The van der Waals surface area contributed by atoms with Gasteiger partial charge < -0.3 is 4.74 Å². The van der Waals surface area contributed by atoms with Crippen molar-refractivity contribution < 1.29 is 14.7 Å². The van der Waals surface area contributed by atoms with Crippen LogP contribution in [0.15, 0.2) is 11.6 Å². The Bertz CT molecular complexity index is 164. The van der Waals surface area contributed by atoms with E-state index >= 15 is 0 Å². The summed E-state index contributed by atoms with van der Waals surface area (Å²) in [5, 5.41) is 8.21. The number of carbonyl (C=O) groups is 1. The number of hydrogen-bond acceptors (Lipinski definition) is 3. The van der Waals surface area contributed by atoms with E-state index in [1.807, 2.05) is 0 Å². The van der Waals surface area contributed by atoms with Crippen LogP contribution in [0.25, 0.3) is 0 Å². The van der Waals surface area contributed by atoms with Crippen LogP contribution in [-0.4, -0.2) is 24.3 Å². The zero-order chi connectivity index (χ0) is 7.40. The van der Waals surface area contributed by atoms with Crippen molar-refractivity contribution in [3.05, 3.63) is 11.6 Å². The maximum Gasteiger partial charge on any atom is 0.270 e. The topological polar surface area (TPSA) is 58.6 Å². The van der Waals surface area contributed by atoms with E-state index in [0.717, 1.165) is 0 Å². The molecule has 1 aliphatic rings. The normalized spacial score (nSPS) is 17.9. The first kappa shape index (κ1) is 7.24. The Labute approximate surface area is 58.4 Å². The number of rotatable bonds is 1. The van der Waals surface area contributed by atoms with Gasteiger partial charge in [-0.15, -0.1) is 0 Å². The lowest BCUT2D eigenvalue weighted by molar-refractivity contribution is -0.125. The van der Waals surface area contributed by atoms with Crippen LogP contribution in [0.4, 0.5) is 0 Å². The van der Waals surface area contributed by atoms with Crippen LogP contribution in [0.2, 0.25) is 0 Å². The van der Waals surface area contributed by atoms with Crippen molar-refractivity contribution >= 4 is 5.91 Å². The first-order valence-corrected chi connectivity index (χ1v) is 3.06. The van der Waals surface area contributed by atoms with Gasteiger partial charge in [0, 0.05) is 12.0 Å². The van der Waals surface area contributed by atoms with Crippen LogP contribution < -0.4 is 5.48 Å². The second-order valence-electron chi connectivity index (χ2n) is 2.00. The van der Waals surface area contributed by atoms with Crippen LogP contribution in [0.3, 0.4) is 0 Å². The highest BCUT2D eigenvalue weighted by Gasteiger charge is 2.10. The SMILES string of the molecule is O=C(NO)C1=CCOCC1. The molecule has 0 aliphatic carbocycles. The maximum absolute atomic E-state index is 10.7. The van der Waals surface area contributed by atoms with E-state index < -0.39 is 5.91 Å². The average Bonchev–Trinajstić information content (AvgIpc) is 2.05. The quantitative estimate of drug-likeness (QED) is 0.396. The van der Waals surface area contributed by atoms with Crippen LogP contribution >= 0.6 is 0 Å². The third kappa shape index (κ3) is 1.55. The van der Waals surface area contributed by atoms with E-state index in [4.69, 9.17) is 9.94 Å². The number of hydroxylamine groups is 1. The number of hydrogen-bond donors (Lipinski definition) is 2. The van der Waals surface area contributed by atoms with Crippen molar-refractivity contribution in [3.8, 4) is 0 Å². The highest BCUT2D eigenvalue weighted by Crippen LogP contribution is 2.06. The minimum absolute atomic E-state index is 0.428. The molecule has 0 unspecified atom stereocenters. The van der Waals surface area contributed by atoms with Crippen molar-refractivity contribution in [2.24, 2.45) is 0 Å². The van der Waals surface area contributed by atoms with Gasteiger partial charge in [-0.25, -0.2) is 5.48 Å². The Morgan fingerprint density at radius 3 is 3.10 bits per heavy atom. The van der Waals surface area contributed by atoms with E-state index in [-0.39, 0.29) is 0 Å². The Morgan fingerprint density at radius 1 is 1.80 bits per heavy atom. The molecule has 56 valence electrons. The summed E-state index contributed by atoms with van der Waals surface area (Å²) in [4.78, 5) is 10.7. The molecule has 0 fully saturated rings. The first-order valence-electron chi connectivity index (χ1n) is 3.06. The summed E-state index contributed by atoms with van der Waals surface area (Å²) in [6.45, 7) is 1.02. The largest absolute Gasteiger partial charge is 0.377 e. The molecule has 1 amide bonds. The van der Waals surface area contributed by atoms with Gasteiger partial charge in [0.25, 0.3) is 5.91 Å². The second kappa shape index (κ2) is 3.34. The third-order valence-electron chi connectivity index (χ3n) is 1.36. The van der Waals surface area contributed by atoms with Gasteiger partial charge in [-0.2, -0.15) is 0 Å². The fourth-order valence-electron chi connectivity index (χ4n) is 0.805. The van der Waals surface area contributed by atoms with E-state index in [1.165, 1.54) is 0 Å². The lowest BCUT2D eigenvalue weighted by Crippen LogP contribution is -2.23. The molecule has 0 aromatic rings. The molecule has 2 N–H and O–H groups in total. The van der Waals surface area contributed by atoms with Gasteiger partial charge in [-0.3, -0.25) is 10.0 Å². The Balaban J connectivity index is 2.53. The number of carbonyl (C=O) groups excluding carboxylic acids is 1. The summed E-state index contributed by atoms with van der Waals surface area (Å²) in [6.07, 6.45) is 2.24. The van der Waals surface area contributed by atoms with Gasteiger partial charge in [0.15, 0.2) is 0 Å². The van der Waals surface area contributed by atoms with Crippen LogP contribution in [0, 0.1) is 0 Å². The highest BCUT2D eigenvalue weighted by molar-refractivity contribution is 5.92. The molecule has 0 aromatic carbocycles. The van der Waals surface area contributed by atoms with Gasteiger partial charge in [-0.05, 0) is 0 Å². The molecule has 0 aromatic heterocycles. The summed E-state index contributed by atoms with van der Waals surface area (Å²) in [7, 11) is 0. The van der Waals surface area contributed by atoms with Gasteiger partial charge in [0.1, 0.15) is 0 Å². The van der Waals surface area contributed by atoms with Gasteiger partial charge in [0.05, 0.1) is 13.2 Å². The Morgan fingerprint density at radius 2 is 2.60 bits per heavy atom. The molecule has 0 saturated heterocycles. The summed E-state index contributed by atoms with van der Waals surface area (Å²) < 4.78 is 4.96. The monoisotopic (exact) mass is 143 g/mol. The number of ether oxygens (including phenoxy) is 1. The van der Waals surface area contributed by atoms with Crippen LogP contribution in [0.1, 0.15) is 6.42 Å². The van der Waals surface area contributed by atoms with Crippen LogP contribution in [-0.2, 0) is 9.53 Å². The van der Waals surface area contributed by atoms with Crippen LogP contribution in [0.5, 0.6) is 0 Å². The molecular weight excluding hydrogens is 134 g/mol. The number of nitrogens with one attached hydrogen (secondary N) is 1. The molecule has 4 heteroatoms. The van der Waals surface area contributed by atoms with Gasteiger partial charge in [-0.1, -0.05) is 6.08 Å². The summed E-state index contributed by atoms with van der Waals surface area (Å²) in [5.41, 5.74) is 2.16. The maximum atomic E-state index is 10.7. The molecule has 0 bridgehead atoms.